The van der Waals surface area contributed by atoms with Crippen molar-refractivity contribution in [3.05, 3.63) is 60.9 Å². The smallest absolute Gasteiger partial charge is 0.412 e. The maximum atomic E-state index is 12.0. The van der Waals surface area contributed by atoms with Gasteiger partial charge in [0.15, 0.2) is 5.65 Å². The van der Waals surface area contributed by atoms with Crippen LogP contribution in [-0.2, 0) is 4.74 Å². The molecule has 30 heavy (non-hydrogen) atoms. The normalized spacial score (nSPS) is 11.3. The number of fused-ring (bicyclic) bond motifs is 1. The summed E-state index contributed by atoms with van der Waals surface area (Å²) >= 11 is 0. The van der Waals surface area contributed by atoms with Gasteiger partial charge in [-0.1, -0.05) is 12.1 Å². The average Bonchev–Trinajstić information content (AvgIpc) is 3.11. The quantitative estimate of drug-likeness (QED) is 0.438. The SMILES string of the molecule is CC(C)(C)OC(=O)Nc1cccc(-c2nc3ccc(Nc4ccncc4)nc3[nH]2)c1. The lowest BCUT2D eigenvalue weighted by molar-refractivity contribution is 0.0636. The van der Waals surface area contributed by atoms with Crippen molar-refractivity contribution < 1.29 is 9.53 Å². The van der Waals surface area contributed by atoms with Crippen molar-refractivity contribution in [2.75, 3.05) is 10.6 Å². The standard InChI is InChI=1S/C22H22N6O2/c1-22(2,3)30-21(29)25-16-6-4-5-14(13-16)19-26-17-7-8-18(27-20(17)28-19)24-15-9-11-23-12-10-15/h4-13H,1-3H3,(H,25,29)(H2,23,24,26,27,28). The summed E-state index contributed by atoms with van der Waals surface area (Å²) in [5.74, 6) is 1.36. The lowest BCUT2D eigenvalue weighted by atomic mass is 10.2. The number of anilines is 3. The Kier molecular flexibility index (Phi) is 5.05. The van der Waals surface area contributed by atoms with Gasteiger partial charge in [0.1, 0.15) is 22.8 Å². The lowest BCUT2D eigenvalue weighted by Crippen LogP contribution is -2.27. The van der Waals surface area contributed by atoms with Gasteiger partial charge in [-0.15, -0.1) is 0 Å². The van der Waals surface area contributed by atoms with Crippen LogP contribution in [0.4, 0.5) is 22.0 Å². The fourth-order valence-electron chi connectivity index (χ4n) is 2.85. The molecule has 1 amide bonds. The number of rotatable bonds is 4. The Morgan fingerprint density at radius 2 is 1.80 bits per heavy atom. The van der Waals surface area contributed by atoms with Gasteiger partial charge in [0.05, 0.1) is 0 Å². The van der Waals surface area contributed by atoms with Crippen molar-refractivity contribution in [1.82, 2.24) is 19.9 Å². The first-order valence-electron chi connectivity index (χ1n) is 9.50. The summed E-state index contributed by atoms with van der Waals surface area (Å²) < 4.78 is 5.30. The number of nitrogens with one attached hydrogen (secondary N) is 3. The Balaban J connectivity index is 1.55. The number of hydrogen-bond acceptors (Lipinski definition) is 6. The lowest BCUT2D eigenvalue weighted by Gasteiger charge is -2.19. The number of pyridine rings is 2. The van der Waals surface area contributed by atoms with E-state index < -0.39 is 11.7 Å². The second kappa shape index (κ2) is 7.82. The van der Waals surface area contributed by atoms with E-state index in [1.807, 2.05) is 63.2 Å². The number of hydrogen-bond donors (Lipinski definition) is 3. The molecule has 3 N–H and O–H groups in total. The number of amides is 1. The van der Waals surface area contributed by atoms with Crippen LogP contribution in [-0.4, -0.2) is 31.6 Å². The van der Waals surface area contributed by atoms with E-state index >= 15 is 0 Å². The van der Waals surface area contributed by atoms with Crippen LogP contribution in [0, 0.1) is 0 Å². The number of ether oxygens (including phenoxy) is 1. The Morgan fingerprint density at radius 3 is 2.57 bits per heavy atom. The zero-order valence-corrected chi connectivity index (χ0v) is 16.9. The highest BCUT2D eigenvalue weighted by Crippen LogP contribution is 2.24. The van der Waals surface area contributed by atoms with E-state index in [0.717, 1.165) is 16.8 Å². The second-order valence-electron chi connectivity index (χ2n) is 7.72. The minimum atomic E-state index is -0.561. The molecule has 4 rings (SSSR count). The molecule has 1 aromatic carbocycles. The molecule has 8 nitrogen and oxygen atoms in total. The second-order valence-corrected chi connectivity index (χ2v) is 7.72. The molecule has 0 atom stereocenters. The Labute approximate surface area is 173 Å². The minimum Gasteiger partial charge on any atom is -0.444 e. The van der Waals surface area contributed by atoms with E-state index in [1.165, 1.54) is 0 Å². The third-order valence-corrected chi connectivity index (χ3v) is 4.08. The number of aromatic nitrogens is 4. The molecule has 4 aromatic rings. The molecular weight excluding hydrogens is 380 g/mol. The van der Waals surface area contributed by atoms with E-state index in [0.29, 0.717) is 23.0 Å². The van der Waals surface area contributed by atoms with Crippen LogP contribution in [0.2, 0.25) is 0 Å². The van der Waals surface area contributed by atoms with Gasteiger partial charge >= 0.3 is 6.09 Å². The number of carbonyl (C=O) groups is 1. The zero-order valence-electron chi connectivity index (χ0n) is 16.9. The van der Waals surface area contributed by atoms with Crippen molar-refractivity contribution in [3.63, 3.8) is 0 Å². The van der Waals surface area contributed by atoms with Crippen LogP contribution in [0.5, 0.6) is 0 Å². The fourth-order valence-corrected chi connectivity index (χ4v) is 2.85. The molecule has 0 fully saturated rings. The van der Waals surface area contributed by atoms with E-state index in [1.54, 1.807) is 18.5 Å². The summed E-state index contributed by atoms with van der Waals surface area (Å²) in [7, 11) is 0. The van der Waals surface area contributed by atoms with Crippen molar-refractivity contribution >= 4 is 34.4 Å². The highest BCUT2D eigenvalue weighted by atomic mass is 16.6. The predicted molar refractivity (Wildman–Crippen MR) is 117 cm³/mol. The number of H-pyrrole nitrogens is 1. The molecule has 0 saturated carbocycles. The van der Waals surface area contributed by atoms with Crippen LogP contribution in [0.25, 0.3) is 22.6 Å². The van der Waals surface area contributed by atoms with Gasteiger partial charge in [0, 0.05) is 29.3 Å². The van der Waals surface area contributed by atoms with Gasteiger partial charge < -0.3 is 15.0 Å². The predicted octanol–water partition coefficient (Wildman–Crippen LogP) is 5.11. The summed E-state index contributed by atoms with van der Waals surface area (Å²) in [6.07, 6.45) is 2.93. The first-order valence-corrected chi connectivity index (χ1v) is 9.50. The monoisotopic (exact) mass is 402 g/mol. The number of benzene rings is 1. The topological polar surface area (TPSA) is 105 Å². The van der Waals surface area contributed by atoms with Gasteiger partial charge in [0.25, 0.3) is 0 Å². The van der Waals surface area contributed by atoms with Gasteiger partial charge in [-0.25, -0.2) is 14.8 Å². The molecule has 0 saturated heterocycles. The highest BCUT2D eigenvalue weighted by Gasteiger charge is 2.16. The minimum absolute atomic E-state index is 0.502. The maximum absolute atomic E-state index is 12.0. The largest absolute Gasteiger partial charge is 0.444 e. The summed E-state index contributed by atoms with van der Waals surface area (Å²) in [5, 5.41) is 5.98. The number of nitrogens with zero attached hydrogens (tertiary/aromatic N) is 3. The van der Waals surface area contributed by atoms with Crippen LogP contribution in [0.15, 0.2) is 60.9 Å². The molecular formula is C22H22N6O2. The van der Waals surface area contributed by atoms with Gasteiger partial charge in [0.2, 0.25) is 0 Å². The summed E-state index contributed by atoms with van der Waals surface area (Å²) in [5.41, 5.74) is 3.19. The molecule has 152 valence electrons. The Bertz CT molecular complexity index is 1180. The molecule has 3 aromatic heterocycles. The van der Waals surface area contributed by atoms with Crippen molar-refractivity contribution in [2.24, 2.45) is 0 Å². The molecule has 0 aliphatic rings. The Hall–Kier alpha value is -3.94. The number of imidazole rings is 1. The fraction of sp³-hybridized carbons (Fsp3) is 0.182. The van der Waals surface area contributed by atoms with Crippen molar-refractivity contribution in [2.45, 2.75) is 26.4 Å². The molecule has 0 spiro atoms. The van der Waals surface area contributed by atoms with Crippen molar-refractivity contribution in [3.8, 4) is 11.4 Å². The van der Waals surface area contributed by atoms with Gasteiger partial charge in [-0.05, 0) is 57.2 Å². The van der Waals surface area contributed by atoms with Crippen LogP contribution < -0.4 is 10.6 Å². The number of aromatic amines is 1. The summed E-state index contributed by atoms with van der Waals surface area (Å²) in [4.78, 5) is 28.5. The van der Waals surface area contributed by atoms with E-state index in [2.05, 4.69) is 30.6 Å². The first-order chi connectivity index (χ1) is 14.4. The van der Waals surface area contributed by atoms with Gasteiger partial charge in [-0.2, -0.15) is 0 Å². The highest BCUT2D eigenvalue weighted by molar-refractivity contribution is 5.86. The van der Waals surface area contributed by atoms with Crippen molar-refractivity contribution in [1.29, 1.82) is 0 Å². The summed E-state index contributed by atoms with van der Waals surface area (Å²) in [6.45, 7) is 5.46. The molecule has 0 aliphatic carbocycles. The molecule has 0 radical (unpaired) electrons. The van der Waals surface area contributed by atoms with Crippen LogP contribution in [0.1, 0.15) is 20.8 Å². The van der Waals surface area contributed by atoms with E-state index in [9.17, 15) is 4.79 Å². The maximum Gasteiger partial charge on any atom is 0.412 e. The average molecular weight is 402 g/mol. The third kappa shape index (κ3) is 4.72. The summed E-state index contributed by atoms with van der Waals surface area (Å²) in [6, 6.07) is 14.9. The number of carbonyl (C=O) groups excluding carboxylic acids is 1. The molecule has 0 unspecified atom stereocenters. The van der Waals surface area contributed by atoms with Crippen LogP contribution >= 0.6 is 0 Å². The Morgan fingerprint density at radius 1 is 1.00 bits per heavy atom. The zero-order chi connectivity index (χ0) is 21.1. The molecule has 8 heteroatoms. The molecule has 3 heterocycles. The van der Waals surface area contributed by atoms with E-state index in [-0.39, 0.29) is 0 Å². The first kappa shape index (κ1) is 19.4. The third-order valence-electron chi connectivity index (χ3n) is 4.08. The van der Waals surface area contributed by atoms with E-state index in [4.69, 9.17) is 4.74 Å². The van der Waals surface area contributed by atoms with Gasteiger partial charge in [-0.3, -0.25) is 10.3 Å². The van der Waals surface area contributed by atoms with Crippen LogP contribution in [0.3, 0.4) is 0 Å². The molecule has 0 aliphatic heterocycles. The molecule has 0 bridgehead atoms.